The molecule has 0 aromatic heterocycles. The summed E-state index contributed by atoms with van der Waals surface area (Å²) in [5, 5.41) is 2.97. The van der Waals surface area contributed by atoms with E-state index < -0.39 is 0 Å². The lowest BCUT2D eigenvalue weighted by atomic mass is 10.0. The van der Waals surface area contributed by atoms with Crippen molar-refractivity contribution in [2.45, 2.75) is 33.6 Å². The maximum absolute atomic E-state index is 11.9. The second kappa shape index (κ2) is 7.75. The van der Waals surface area contributed by atoms with Crippen molar-refractivity contribution >= 4 is 5.91 Å². The highest BCUT2D eigenvalue weighted by Crippen LogP contribution is 2.12. The van der Waals surface area contributed by atoms with Gasteiger partial charge in [0.2, 0.25) is 0 Å². The van der Waals surface area contributed by atoms with Gasteiger partial charge in [-0.05, 0) is 37.1 Å². The van der Waals surface area contributed by atoms with Crippen molar-refractivity contribution in [1.29, 1.82) is 0 Å². The topological polar surface area (TPSA) is 38.3 Å². The molecule has 0 fully saturated rings. The van der Waals surface area contributed by atoms with Crippen LogP contribution in [0.25, 0.3) is 0 Å². The SMILES string of the molecule is CCOc1ccc(C(=O)NCC(CC)CC)cc1. The molecule has 0 radical (unpaired) electrons. The Kier molecular flexibility index (Phi) is 6.26. The molecule has 0 aliphatic heterocycles. The van der Waals surface area contributed by atoms with Gasteiger partial charge in [-0.2, -0.15) is 0 Å². The predicted octanol–water partition coefficient (Wildman–Crippen LogP) is 3.25. The van der Waals surface area contributed by atoms with Crippen LogP contribution in [0.4, 0.5) is 0 Å². The zero-order valence-electron chi connectivity index (χ0n) is 11.5. The number of benzene rings is 1. The predicted molar refractivity (Wildman–Crippen MR) is 74.0 cm³/mol. The third-order valence-corrected chi connectivity index (χ3v) is 3.13. The number of amides is 1. The average Bonchev–Trinajstić information content (AvgIpc) is 2.41. The van der Waals surface area contributed by atoms with Gasteiger partial charge in [-0.1, -0.05) is 26.7 Å². The standard InChI is InChI=1S/C15H23NO2/c1-4-12(5-2)11-16-15(17)13-7-9-14(10-8-13)18-6-3/h7-10,12H,4-6,11H2,1-3H3,(H,16,17). The van der Waals surface area contributed by atoms with Crippen molar-refractivity contribution in [2.24, 2.45) is 5.92 Å². The van der Waals surface area contributed by atoms with Gasteiger partial charge in [0.15, 0.2) is 0 Å². The zero-order valence-corrected chi connectivity index (χ0v) is 11.5. The molecule has 100 valence electrons. The van der Waals surface area contributed by atoms with Gasteiger partial charge in [0.05, 0.1) is 6.61 Å². The number of carbonyl (C=O) groups is 1. The number of ether oxygens (including phenoxy) is 1. The summed E-state index contributed by atoms with van der Waals surface area (Å²) in [5.41, 5.74) is 0.685. The van der Waals surface area contributed by atoms with Gasteiger partial charge >= 0.3 is 0 Å². The van der Waals surface area contributed by atoms with E-state index in [1.54, 1.807) is 12.1 Å². The molecule has 1 aromatic rings. The molecule has 1 aromatic carbocycles. The first-order valence-electron chi connectivity index (χ1n) is 6.72. The number of carbonyl (C=O) groups excluding carboxylic acids is 1. The minimum atomic E-state index is -0.00931. The van der Waals surface area contributed by atoms with Gasteiger partial charge < -0.3 is 10.1 Å². The lowest BCUT2D eigenvalue weighted by molar-refractivity contribution is 0.0946. The molecule has 3 heteroatoms. The van der Waals surface area contributed by atoms with Gasteiger partial charge in [0.1, 0.15) is 5.75 Å². The Morgan fingerprint density at radius 2 is 1.78 bits per heavy atom. The van der Waals surface area contributed by atoms with Crippen LogP contribution in [-0.4, -0.2) is 19.1 Å². The zero-order chi connectivity index (χ0) is 13.4. The Morgan fingerprint density at radius 3 is 2.28 bits per heavy atom. The van der Waals surface area contributed by atoms with Gasteiger partial charge in [0.25, 0.3) is 5.91 Å². The molecule has 0 saturated heterocycles. The van der Waals surface area contributed by atoms with Crippen molar-refractivity contribution in [3.05, 3.63) is 29.8 Å². The summed E-state index contributed by atoms with van der Waals surface area (Å²) in [4.78, 5) is 11.9. The molecule has 1 N–H and O–H groups in total. The second-order valence-electron chi connectivity index (χ2n) is 4.35. The van der Waals surface area contributed by atoms with Crippen LogP contribution < -0.4 is 10.1 Å². The number of nitrogens with one attached hydrogen (secondary N) is 1. The van der Waals surface area contributed by atoms with E-state index in [1.165, 1.54) is 0 Å². The molecule has 1 rings (SSSR count). The van der Waals surface area contributed by atoms with E-state index in [2.05, 4.69) is 19.2 Å². The first-order valence-corrected chi connectivity index (χ1v) is 6.72. The van der Waals surface area contributed by atoms with Crippen molar-refractivity contribution in [3.8, 4) is 5.75 Å². The molecule has 0 heterocycles. The summed E-state index contributed by atoms with van der Waals surface area (Å²) in [6, 6.07) is 7.26. The van der Waals surface area contributed by atoms with E-state index in [-0.39, 0.29) is 5.91 Å². The minimum Gasteiger partial charge on any atom is -0.494 e. The monoisotopic (exact) mass is 249 g/mol. The summed E-state index contributed by atoms with van der Waals surface area (Å²) in [7, 11) is 0. The Balaban J connectivity index is 2.51. The summed E-state index contributed by atoms with van der Waals surface area (Å²) in [5.74, 6) is 1.36. The van der Waals surface area contributed by atoms with Crippen LogP contribution in [0.15, 0.2) is 24.3 Å². The number of hydrogen-bond donors (Lipinski definition) is 1. The van der Waals surface area contributed by atoms with Gasteiger partial charge in [0, 0.05) is 12.1 Å². The Morgan fingerprint density at radius 1 is 1.17 bits per heavy atom. The average molecular weight is 249 g/mol. The van der Waals surface area contributed by atoms with Crippen LogP contribution in [0, 0.1) is 5.92 Å². The summed E-state index contributed by atoms with van der Waals surface area (Å²) in [6.07, 6.45) is 2.19. The smallest absolute Gasteiger partial charge is 0.251 e. The third-order valence-electron chi connectivity index (χ3n) is 3.13. The fourth-order valence-corrected chi connectivity index (χ4v) is 1.79. The van der Waals surface area contributed by atoms with Crippen LogP contribution in [-0.2, 0) is 0 Å². The second-order valence-corrected chi connectivity index (χ2v) is 4.35. The van der Waals surface area contributed by atoms with Crippen molar-refractivity contribution < 1.29 is 9.53 Å². The maximum Gasteiger partial charge on any atom is 0.251 e. The molecule has 0 spiro atoms. The summed E-state index contributed by atoms with van der Waals surface area (Å²) in [6.45, 7) is 7.63. The van der Waals surface area contributed by atoms with Gasteiger partial charge in [-0.15, -0.1) is 0 Å². The van der Waals surface area contributed by atoms with Crippen LogP contribution in [0.3, 0.4) is 0 Å². The van der Waals surface area contributed by atoms with Gasteiger partial charge in [-0.3, -0.25) is 4.79 Å². The molecule has 0 bridgehead atoms. The van der Waals surface area contributed by atoms with E-state index >= 15 is 0 Å². The molecule has 3 nitrogen and oxygen atoms in total. The van der Waals surface area contributed by atoms with E-state index in [1.807, 2.05) is 19.1 Å². The molecule has 18 heavy (non-hydrogen) atoms. The van der Waals surface area contributed by atoms with E-state index in [0.717, 1.165) is 25.1 Å². The highest BCUT2D eigenvalue weighted by molar-refractivity contribution is 5.94. The molecular weight excluding hydrogens is 226 g/mol. The Hall–Kier alpha value is -1.51. The third kappa shape index (κ3) is 4.40. The number of hydrogen-bond acceptors (Lipinski definition) is 2. The minimum absolute atomic E-state index is 0.00931. The molecule has 0 aliphatic rings. The van der Waals surface area contributed by atoms with E-state index in [0.29, 0.717) is 18.1 Å². The van der Waals surface area contributed by atoms with E-state index in [4.69, 9.17) is 4.74 Å². The number of rotatable bonds is 7. The molecule has 0 unspecified atom stereocenters. The van der Waals surface area contributed by atoms with Crippen LogP contribution >= 0.6 is 0 Å². The molecular formula is C15H23NO2. The van der Waals surface area contributed by atoms with Crippen molar-refractivity contribution in [1.82, 2.24) is 5.32 Å². The van der Waals surface area contributed by atoms with Crippen LogP contribution in [0.5, 0.6) is 5.75 Å². The van der Waals surface area contributed by atoms with Crippen molar-refractivity contribution in [2.75, 3.05) is 13.2 Å². The first kappa shape index (κ1) is 14.6. The normalized spacial score (nSPS) is 10.4. The summed E-state index contributed by atoms with van der Waals surface area (Å²) < 4.78 is 5.34. The highest BCUT2D eigenvalue weighted by atomic mass is 16.5. The fraction of sp³-hybridized carbons (Fsp3) is 0.533. The summed E-state index contributed by atoms with van der Waals surface area (Å²) >= 11 is 0. The highest BCUT2D eigenvalue weighted by Gasteiger charge is 2.08. The first-order chi connectivity index (χ1) is 8.71. The van der Waals surface area contributed by atoms with Gasteiger partial charge in [-0.25, -0.2) is 0 Å². The quantitative estimate of drug-likeness (QED) is 0.805. The molecule has 0 saturated carbocycles. The van der Waals surface area contributed by atoms with Crippen molar-refractivity contribution in [3.63, 3.8) is 0 Å². The molecule has 1 amide bonds. The lowest BCUT2D eigenvalue weighted by Gasteiger charge is -2.13. The fourth-order valence-electron chi connectivity index (χ4n) is 1.79. The Bertz CT molecular complexity index is 355. The maximum atomic E-state index is 11.9. The molecule has 0 atom stereocenters. The van der Waals surface area contributed by atoms with E-state index in [9.17, 15) is 4.79 Å². The molecule has 0 aliphatic carbocycles. The Labute approximate surface area is 110 Å². The lowest BCUT2D eigenvalue weighted by Crippen LogP contribution is -2.28. The largest absolute Gasteiger partial charge is 0.494 e. The van der Waals surface area contributed by atoms with Crippen LogP contribution in [0.1, 0.15) is 44.0 Å². The van der Waals surface area contributed by atoms with Crippen LogP contribution in [0.2, 0.25) is 0 Å².